The molecule has 0 unspecified atom stereocenters. The van der Waals surface area contributed by atoms with Crippen molar-refractivity contribution in [3.63, 3.8) is 0 Å². The number of nitrogens with zero attached hydrogens (tertiary/aromatic N) is 2. The van der Waals surface area contributed by atoms with Crippen molar-refractivity contribution in [1.82, 2.24) is 10.1 Å². The van der Waals surface area contributed by atoms with Gasteiger partial charge in [0.15, 0.2) is 27.3 Å². The Bertz CT molecular complexity index is 728. The predicted molar refractivity (Wildman–Crippen MR) is 62.6 cm³/mol. The van der Waals surface area contributed by atoms with E-state index in [1.807, 2.05) is 0 Å². The average Bonchev–Trinajstić information content (AvgIpc) is 2.69. The zero-order valence-electron chi connectivity index (χ0n) is 9.72. The Balaban J connectivity index is 2.41. The lowest BCUT2D eigenvalue weighted by Gasteiger charge is -2.01. The number of anilines is 1. The van der Waals surface area contributed by atoms with E-state index < -0.39 is 27.2 Å². The largest absolute Gasteiger partial charge is 0.398 e. The number of rotatable bonds is 3. The van der Waals surface area contributed by atoms with Gasteiger partial charge in [-0.15, -0.1) is 0 Å². The van der Waals surface area contributed by atoms with Crippen molar-refractivity contribution in [2.24, 2.45) is 0 Å². The Morgan fingerprint density at radius 3 is 2.58 bits per heavy atom. The van der Waals surface area contributed by atoms with Crippen LogP contribution in [-0.4, -0.2) is 24.8 Å². The molecule has 2 aromatic rings. The normalized spacial score (nSPS) is 11.7. The van der Waals surface area contributed by atoms with Gasteiger partial charge in [0.25, 0.3) is 5.89 Å². The highest BCUT2D eigenvalue weighted by atomic mass is 32.2. The highest BCUT2D eigenvalue weighted by molar-refractivity contribution is 7.89. The van der Waals surface area contributed by atoms with Gasteiger partial charge in [-0.3, -0.25) is 0 Å². The first kappa shape index (κ1) is 13.4. The third-order valence-corrected chi connectivity index (χ3v) is 2.96. The van der Waals surface area contributed by atoms with Crippen LogP contribution < -0.4 is 5.73 Å². The number of halogens is 2. The van der Waals surface area contributed by atoms with Gasteiger partial charge in [-0.05, 0) is 6.07 Å². The molecule has 0 aliphatic carbocycles. The molecule has 0 saturated heterocycles. The highest BCUT2D eigenvalue weighted by Gasteiger charge is 2.17. The maximum Gasteiger partial charge on any atom is 0.260 e. The minimum atomic E-state index is -3.32. The van der Waals surface area contributed by atoms with Gasteiger partial charge in [-0.1, -0.05) is 5.16 Å². The van der Waals surface area contributed by atoms with Crippen molar-refractivity contribution in [3.8, 4) is 11.5 Å². The third-order valence-electron chi connectivity index (χ3n) is 2.18. The van der Waals surface area contributed by atoms with Crippen molar-refractivity contribution in [2.45, 2.75) is 5.75 Å². The first-order valence-electron chi connectivity index (χ1n) is 5.01. The molecule has 1 aromatic carbocycles. The molecule has 2 rings (SSSR count). The van der Waals surface area contributed by atoms with Gasteiger partial charge in [-0.2, -0.15) is 4.98 Å². The minimum Gasteiger partial charge on any atom is -0.398 e. The molecule has 0 aliphatic rings. The molecule has 0 spiro atoms. The monoisotopic (exact) mass is 289 g/mol. The Labute approximate surface area is 107 Å². The summed E-state index contributed by atoms with van der Waals surface area (Å²) in [4.78, 5) is 3.77. The van der Waals surface area contributed by atoms with Crippen LogP contribution in [-0.2, 0) is 15.6 Å². The van der Waals surface area contributed by atoms with Crippen molar-refractivity contribution < 1.29 is 21.7 Å². The molecule has 6 nitrogen and oxygen atoms in total. The zero-order chi connectivity index (χ0) is 14.2. The number of sulfone groups is 1. The molecule has 9 heteroatoms. The average molecular weight is 289 g/mol. The molecule has 0 bridgehead atoms. The molecular weight excluding hydrogens is 280 g/mol. The molecule has 0 radical (unpaired) electrons. The Morgan fingerprint density at radius 2 is 1.95 bits per heavy atom. The van der Waals surface area contributed by atoms with E-state index in [1.165, 1.54) is 0 Å². The van der Waals surface area contributed by atoms with Crippen LogP contribution in [0.5, 0.6) is 0 Å². The summed E-state index contributed by atoms with van der Waals surface area (Å²) in [5, 5.41) is 3.43. The maximum atomic E-state index is 13.1. The molecule has 2 N–H and O–H groups in total. The van der Waals surface area contributed by atoms with E-state index in [9.17, 15) is 17.2 Å². The molecule has 0 amide bonds. The summed E-state index contributed by atoms with van der Waals surface area (Å²) in [6, 6.07) is 1.59. The van der Waals surface area contributed by atoms with Gasteiger partial charge < -0.3 is 10.3 Å². The molecule has 1 aromatic heterocycles. The van der Waals surface area contributed by atoms with Crippen LogP contribution in [0.2, 0.25) is 0 Å². The van der Waals surface area contributed by atoms with Crippen molar-refractivity contribution in [1.29, 1.82) is 0 Å². The summed E-state index contributed by atoms with van der Waals surface area (Å²) in [5.41, 5.74) is 5.42. The summed E-state index contributed by atoms with van der Waals surface area (Å²) < 4.78 is 52.9. The number of hydrogen-bond acceptors (Lipinski definition) is 6. The van der Waals surface area contributed by atoms with Crippen LogP contribution in [0.15, 0.2) is 16.7 Å². The Morgan fingerprint density at radius 1 is 1.32 bits per heavy atom. The van der Waals surface area contributed by atoms with Crippen LogP contribution in [0.1, 0.15) is 5.82 Å². The lowest BCUT2D eigenvalue weighted by atomic mass is 10.1. The third kappa shape index (κ3) is 3.05. The van der Waals surface area contributed by atoms with Crippen LogP contribution in [0.4, 0.5) is 14.5 Å². The van der Waals surface area contributed by atoms with E-state index in [0.29, 0.717) is 0 Å². The van der Waals surface area contributed by atoms with Gasteiger partial charge in [0.1, 0.15) is 5.75 Å². The van der Waals surface area contributed by atoms with Crippen molar-refractivity contribution in [3.05, 3.63) is 29.6 Å². The fourth-order valence-electron chi connectivity index (χ4n) is 1.40. The number of nitrogens with two attached hydrogens (primary N) is 1. The van der Waals surface area contributed by atoms with E-state index >= 15 is 0 Å². The SMILES string of the molecule is CS(=O)(=O)Cc1noc(-c2cc(F)c(F)cc2N)n1. The fraction of sp³-hybridized carbons (Fsp3) is 0.200. The summed E-state index contributed by atoms with van der Waals surface area (Å²) in [6.45, 7) is 0. The van der Waals surface area contributed by atoms with Gasteiger partial charge in [0, 0.05) is 18.0 Å². The lowest BCUT2D eigenvalue weighted by Crippen LogP contribution is -2.02. The highest BCUT2D eigenvalue weighted by Crippen LogP contribution is 2.26. The van der Waals surface area contributed by atoms with Crippen molar-refractivity contribution >= 4 is 15.5 Å². The van der Waals surface area contributed by atoms with E-state index in [1.54, 1.807) is 0 Å². The van der Waals surface area contributed by atoms with Crippen LogP contribution in [0.25, 0.3) is 11.5 Å². The summed E-state index contributed by atoms with van der Waals surface area (Å²) >= 11 is 0. The second kappa shape index (κ2) is 4.57. The molecule has 102 valence electrons. The number of aromatic nitrogens is 2. The maximum absolute atomic E-state index is 13.1. The second-order valence-electron chi connectivity index (χ2n) is 3.94. The van der Waals surface area contributed by atoms with E-state index in [4.69, 9.17) is 10.3 Å². The molecule has 0 atom stereocenters. The molecule has 19 heavy (non-hydrogen) atoms. The fourth-order valence-corrected chi connectivity index (χ4v) is 1.99. The summed E-state index contributed by atoms with van der Waals surface area (Å²) in [6.07, 6.45) is 1.01. The zero-order valence-corrected chi connectivity index (χ0v) is 10.5. The molecule has 0 saturated carbocycles. The Hall–Kier alpha value is -2.03. The number of benzene rings is 1. The molecular formula is C10H9F2N3O3S. The van der Waals surface area contributed by atoms with Crippen LogP contribution >= 0.6 is 0 Å². The topological polar surface area (TPSA) is 99.1 Å². The van der Waals surface area contributed by atoms with Gasteiger partial charge in [-0.25, -0.2) is 17.2 Å². The minimum absolute atomic E-state index is 0.00570. The summed E-state index contributed by atoms with van der Waals surface area (Å²) in [7, 11) is -3.32. The molecule has 0 fully saturated rings. The standard InChI is InChI=1S/C10H9F2N3O3S/c1-19(16,17)4-9-14-10(18-15-9)5-2-6(11)7(12)3-8(5)13/h2-3H,4,13H2,1H3. The van der Waals surface area contributed by atoms with Crippen molar-refractivity contribution in [2.75, 3.05) is 12.0 Å². The number of hydrogen-bond donors (Lipinski definition) is 1. The van der Waals surface area contributed by atoms with E-state index in [-0.39, 0.29) is 23.0 Å². The van der Waals surface area contributed by atoms with E-state index in [2.05, 4.69) is 10.1 Å². The predicted octanol–water partition coefficient (Wildman–Crippen LogP) is 1.14. The quantitative estimate of drug-likeness (QED) is 0.851. The smallest absolute Gasteiger partial charge is 0.260 e. The Kier molecular flexibility index (Phi) is 3.23. The van der Waals surface area contributed by atoms with Gasteiger partial charge in [0.05, 0.1) is 5.56 Å². The first-order chi connectivity index (χ1) is 8.76. The van der Waals surface area contributed by atoms with E-state index in [0.717, 1.165) is 18.4 Å². The first-order valence-corrected chi connectivity index (χ1v) is 7.07. The molecule has 0 aliphatic heterocycles. The lowest BCUT2D eigenvalue weighted by molar-refractivity contribution is 0.424. The van der Waals surface area contributed by atoms with Gasteiger partial charge >= 0.3 is 0 Å². The van der Waals surface area contributed by atoms with Crippen LogP contribution in [0, 0.1) is 11.6 Å². The number of nitrogen functional groups attached to an aromatic ring is 1. The van der Waals surface area contributed by atoms with Gasteiger partial charge in [0.2, 0.25) is 0 Å². The van der Waals surface area contributed by atoms with Crippen LogP contribution in [0.3, 0.4) is 0 Å². The molecule has 1 heterocycles. The second-order valence-corrected chi connectivity index (χ2v) is 6.08. The summed E-state index contributed by atoms with van der Waals surface area (Å²) in [5.74, 6) is -2.89.